The molecule has 9 nitrogen and oxygen atoms in total. The molecule has 1 heterocycles. The second kappa shape index (κ2) is 10.1. The maximum Gasteiger partial charge on any atom is 0.328 e. The van der Waals surface area contributed by atoms with Gasteiger partial charge >= 0.3 is 11.8 Å². The SMILES string of the molecule is COCCNC(=O)C(=O)Nn1c(C(=O)Nc2ccc(OC)cc2)cc2cc(Br)ccc21. The van der Waals surface area contributed by atoms with Crippen molar-refractivity contribution in [1.82, 2.24) is 9.99 Å². The highest BCUT2D eigenvalue weighted by Crippen LogP contribution is 2.24. The van der Waals surface area contributed by atoms with Crippen molar-refractivity contribution in [1.29, 1.82) is 0 Å². The molecule has 2 aromatic carbocycles. The molecular weight excluding hydrogens is 468 g/mol. The molecule has 0 spiro atoms. The summed E-state index contributed by atoms with van der Waals surface area (Å²) in [6.07, 6.45) is 0. The van der Waals surface area contributed by atoms with Gasteiger partial charge in [-0.25, -0.2) is 4.68 Å². The summed E-state index contributed by atoms with van der Waals surface area (Å²) in [5.74, 6) is -1.55. The van der Waals surface area contributed by atoms with Crippen molar-refractivity contribution >= 4 is 50.2 Å². The van der Waals surface area contributed by atoms with Crippen LogP contribution in [0, 0.1) is 0 Å². The standard InChI is InChI=1S/C21H21BrN4O5/c1-30-10-9-23-20(28)21(29)25-26-17-8-3-14(22)11-13(17)12-18(26)19(27)24-15-4-6-16(31-2)7-5-15/h3-8,11-12H,9-10H2,1-2H3,(H,23,28)(H,24,27)(H,25,29). The Kier molecular flexibility index (Phi) is 7.27. The van der Waals surface area contributed by atoms with Crippen LogP contribution in [0.25, 0.3) is 10.9 Å². The van der Waals surface area contributed by atoms with E-state index in [1.54, 1.807) is 55.6 Å². The van der Waals surface area contributed by atoms with Gasteiger partial charge < -0.3 is 20.1 Å². The lowest BCUT2D eigenvalue weighted by Crippen LogP contribution is -2.40. The average Bonchev–Trinajstić information content (AvgIpc) is 3.11. The molecule has 0 fully saturated rings. The largest absolute Gasteiger partial charge is 0.497 e. The molecule has 3 N–H and O–H groups in total. The number of carbonyl (C=O) groups excluding carboxylic acids is 3. The van der Waals surface area contributed by atoms with E-state index in [1.165, 1.54) is 11.8 Å². The Balaban J connectivity index is 1.88. The van der Waals surface area contributed by atoms with E-state index in [0.717, 1.165) is 4.47 Å². The van der Waals surface area contributed by atoms with Gasteiger partial charge in [-0.05, 0) is 48.5 Å². The minimum atomic E-state index is -0.907. The number of nitrogens with zero attached hydrogens (tertiary/aromatic N) is 1. The van der Waals surface area contributed by atoms with Crippen LogP contribution in [0.1, 0.15) is 10.5 Å². The molecule has 0 saturated carbocycles. The first-order valence-electron chi connectivity index (χ1n) is 9.27. The van der Waals surface area contributed by atoms with Gasteiger partial charge in [0.05, 0.1) is 19.2 Å². The fraction of sp³-hybridized carbons (Fsp3) is 0.190. The fourth-order valence-corrected chi connectivity index (χ4v) is 3.22. The van der Waals surface area contributed by atoms with E-state index in [9.17, 15) is 14.4 Å². The van der Waals surface area contributed by atoms with Gasteiger partial charge in [-0.3, -0.25) is 19.8 Å². The smallest absolute Gasteiger partial charge is 0.328 e. The maximum absolute atomic E-state index is 13.0. The van der Waals surface area contributed by atoms with Crippen LogP contribution in [0.5, 0.6) is 5.75 Å². The molecule has 0 bridgehead atoms. The molecule has 3 amide bonds. The number of rotatable bonds is 7. The topological polar surface area (TPSA) is 111 Å². The number of fused-ring (bicyclic) bond motifs is 1. The summed E-state index contributed by atoms with van der Waals surface area (Å²) >= 11 is 3.39. The molecule has 0 radical (unpaired) electrons. The van der Waals surface area contributed by atoms with Gasteiger partial charge in [-0.15, -0.1) is 0 Å². The molecule has 3 rings (SSSR count). The summed E-state index contributed by atoms with van der Waals surface area (Å²) in [7, 11) is 3.04. The summed E-state index contributed by atoms with van der Waals surface area (Å²) < 4.78 is 12.1. The first kappa shape index (κ1) is 22.3. The monoisotopic (exact) mass is 488 g/mol. The van der Waals surface area contributed by atoms with Crippen molar-refractivity contribution in [3.05, 3.63) is 58.7 Å². The number of aromatic nitrogens is 1. The second-order valence-corrected chi connectivity index (χ2v) is 7.36. The van der Waals surface area contributed by atoms with Gasteiger partial charge in [0, 0.05) is 29.2 Å². The number of halogens is 1. The van der Waals surface area contributed by atoms with E-state index in [1.807, 2.05) is 0 Å². The number of hydrogen-bond donors (Lipinski definition) is 3. The van der Waals surface area contributed by atoms with Crippen LogP contribution in [-0.2, 0) is 14.3 Å². The van der Waals surface area contributed by atoms with Crippen LogP contribution in [0.4, 0.5) is 5.69 Å². The van der Waals surface area contributed by atoms with Crippen LogP contribution in [0.2, 0.25) is 0 Å². The maximum atomic E-state index is 13.0. The third-order valence-corrected chi connectivity index (χ3v) is 4.85. The van der Waals surface area contributed by atoms with Gasteiger partial charge in [-0.2, -0.15) is 0 Å². The number of ether oxygens (including phenoxy) is 2. The van der Waals surface area contributed by atoms with Crippen molar-refractivity contribution in [2.75, 3.05) is 38.1 Å². The molecule has 0 aliphatic rings. The quantitative estimate of drug-likeness (QED) is 0.349. The first-order valence-corrected chi connectivity index (χ1v) is 10.1. The van der Waals surface area contributed by atoms with Crippen molar-refractivity contribution in [2.24, 2.45) is 0 Å². The molecule has 1 aromatic heterocycles. The van der Waals surface area contributed by atoms with Gasteiger partial charge in [0.2, 0.25) is 0 Å². The van der Waals surface area contributed by atoms with Crippen LogP contribution in [-0.4, -0.2) is 49.8 Å². The van der Waals surface area contributed by atoms with E-state index in [0.29, 0.717) is 22.3 Å². The van der Waals surface area contributed by atoms with Crippen molar-refractivity contribution < 1.29 is 23.9 Å². The Morgan fingerprint density at radius 3 is 2.42 bits per heavy atom. The summed E-state index contributed by atoms with van der Waals surface area (Å²) in [5.41, 5.74) is 3.75. The highest BCUT2D eigenvalue weighted by Gasteiger charge is 2.21. The zero-order valence-corrected chi connectivity index (χ0v) is 18.5. The molecular formula is C21H21BrN4O5. The number of hydrogen-bond acceptors (Lipinski definition) is 5. The number of benzene rings is 2. The number of nitrogens with one attached hydrogen (secondary N) is 3. The van der Waals surface area contributed by atoms with E-state index >= 15 is 0 Å². The van der Waals surface area contributed by atoms with Crippen LogP contribution in [0.3, 0.4) is 0 Å². The van der Waals surface area contributed by atoms with Crippen LogP contribution in [0.15, 0.2) is 53.0 Å². The van der Waals surface area contributed by atoms with Crippen molar-refractivity contribution in [3.8, 4) is 5.75 Å². The Hall–Kier alpha value is -3.37. The zero-order valence-electron chi connectivity index (χ0n) is 16.9. The van der Waals surface area contributed by atoms with E-state index < -0.39 is 17.7 Å². The molecule has 3 aromatic rings. The lowest BCUT2D eigenvalue weighted by atomic mass is 10.2. The summed E-state index contributed by atoms with van der Waals surface area (Å²) in [4.78, 5) is 37.4. The third-order valence-electron chi connectivity index (χ3n) is 4.36. The number of methoxy groups -OCH3 is 2. The zero-order chi connectivity index (χ0) is 22.4. The molecule has 0 unspecified atom stereocenters. The summed E-state index contributed by atoms with van der Waals surface area (Å²) in [6, 6.07) is 13.8. The lowest BCUT2D eigenvalue weighted by Gasteiger charge is -2.13. The van der Waals surface area contributed by atoms with Crippen molar-refractivity contribution in [2.45, 2.75) is 0 Å². The Labute approximate surface area is 186 Å². The highest BCUT2D eigenvalue weighted by molar-refractivity contribution is 9.10. The highest BCUT2D eigenvalue weighted by atomic mass is 79.9. The van der Waals surface area contributed by atoms with Gasteiger partial charge in [0.25, 0.3) is 5.91 Å². The van der Waals surface area contributed by atoms with Crippen LogP contribution >= 0.6 is 15.9 Å². The first-order chi connectivity index (χ1) is 14.9. The van der Waals surface area contributed by atoms with Gasteiger partial charge in [0.1, 0.15) is 11.4 Å². The lowest BCUT2D eigenvalue weighted by molar-refractivity contribution is -0.136. The Morgan fingerprint density at radius 1 is 1.00 bits per heavy atom. The summed E-state index contributed by atoms with van der Waals surface area (Å²) in [6.45, 7) is 0.460. The molecule has 0 aliphatic heterocycles. The predicted octanol–water partition coefficient (Wildman–Crippen LogP) is 2.50. The molecule has 0 aliphatic carbocycles. The predicted molar refractivity (Wildman–Crippen MR) is 120 cm³/mol. The van der Waals surface area contributed by atoms with E-state index in [4.69, 9.17) is 9.47 Å². The van der Waals surface area contributed by atoms with Gasteiger partial charge in [-0.1, -0.05) is 15.9 Å². The third kappa shape index (κ3) is 5.41. The van der Waals surface area contributed by atoms with Crippen molar-refractivity contribution in [3.63, 3.8) is 0 Å². The molecule has 31 heavy (non-hydrogen) atoms. The van der Waals surface area contributed by atoms with Crippen LogP contribution < -0.4 is 20.8 Å². The van der Waals surface area contributed by atoms with Gasteiger partial charge in [0.15, 0.2) is 0 Å². The Morgan fingerprint density at radius 2 is 1.74 bits per heavy atom. The van der Waals surface area contributed by atoms with E-state index in [2.05, 4.69) is 32.0 Å². The normalized spacial score (nSPS) is 10.5. The Bertz CT molecular complexity index is 1110. The average molecular weight is 489 g/mol. The number of carbonyl (C=O) groups is 3. The molecule has 0 atom stereocenters. The molecule has 0 saturated heterocycles. The number of amides is 3. The molecule has 10 heteroatoms. The minimum Gasteiger partial charge on any atom is -0.497 e. The number of anilines is 1. The van der Waals surface area contributed by atoms with E-state index in [-0.39, 0.29) is 18.8 Å². The molecule has 162 valence electrons. The fourth-order valence-electron chi connectivity index (χ4n) is 2.84. The minimum absolute atomic E-state index is 0.155. The summed E-state index contributed by atoms with van der Waals surface area (Å²) in [5, 5.41) is 5.92. The second-order valence-electron chi connectivity index (χ2n) is 6.44.